The summed E-state index contributed by atoms with van der Waals surface area (Å²) in [4.78, 5) is 50.1. The highest BCUT2D eigenvalue weighted by molar-refractivity contribution is 7.83. The molecule has 10 rings (SSSR count). The molecule has 52 heavy (non-hydrogen) atoms. The van der Waals surface area contributed by atoms with Gasteiger partial charge in [0, 0.05) is 16.4 Å². The molecule has 4 aliphatic heterocycles. The van der Waals surface area contributed by atoms with Gasteiger partial charge < -0.3 is 18.5 Å². The Morgan fingerprint density at radius 1 is 0.462 bits per heavy atom. The summed E-state index contributed by atoms with van der Waals surface area (Å²) in [6, 6.07) is 39.0. The van der Waals surface area contributed by atoms with Crippen molar-refractivity contribution in [2.45, 2.75) is 4.90 Å². The number of carbonyl (C=O) groups is 4. The Balaban J connectivity index is 1.39. The van der Waals surface area contributed by atoms with Crippen molar-refractivity contribution in [2.24, 2.45) is 0 Å². The smallest absolute Gasteiger partial charge is 0.346 e. The van der Waals surface area contributed by atoms with Crippen LogP contribution in [0.1, 0.15) is 52.6 Å². The Kier molecular flexibility index (Phi) is 6.44. The zero-order valence-electron chi connectivity index (χ0n) is 26.8. The van der Waals surface area contributed by atoms with Gasteiger partial charge in [-0.1, -0.05) is 91.0 Å². The second-order valence-electron chi connectivity index (χ2n) is 12.6. The molecule has 0 spiro atoms. The summed E-state index contributed by atoms with van der Waals surface area (Å²) in [5.41, 5.74) is 3.78. The molecule has 6 aromatic carbocycles. The van der Waals surface area contributed by atoms with Crippen LogP contribution in [0.4, 0.5) is 0 Å². The Bertz CT molecular complexity index is 2600. The first-order valence-corrected chi connectivity index (χ1v) is 19.2. The average molecular weight is 721 g/mol. The lowest BCUT2D eigenvalue weighted by Gasteiger charge is -2.48. The molecule has 250 valence electrons. The van der Waals surface area contributed by atoms with E-state index in [2.05, 4.69) is 0 Å². The van der Waals surface area contributed by atoms with Crippen LogP contribution < -0.4 is 19.7 Å². The summed E-state index contributed by atoms with van der Waals surface area (Å²) in [6.07, 6.45) is 0. The first-order valence-electron chi connectivity index (χ1n) is 16.3. The van der Waals surface area contributed by atoms with Gasteiger partial charge in [0.1, 0.15) is 19.6 Å². The fourth-order valence-electron chi connectivity index (χ4n) is 7.65. The van der Waals surface area contributed by atoms with Gasteiger partial charge in [0.25, 0.3) is 7.37 Å². The molecule has 0 N–H and O–H groups in total. The van der Waals surface area contributed by atoms with Gasteiger partial charge in [0.15, 0.2) is 4.90 Å². The number of hydrogen-bond donors (Lipinski definition) is 0. The van der Waals surface area contributed by atoms with E-state index in [0.29, 0.717) is 38.8 Å². The molecule has 11 heteroatoms. The minimum atomic E-state index is -4.45. The second kappa shape index (κ2) is 10.9. The first-order chi connectivity index (χ1) is 25.3. The highest BCUT2D eigenvalue weighted by atomic mass is 31.2. The molecule has 6 aromatic rings. The number of ether oxygens (including phenoxy) is 2. The lowest BCUT2D eigenvalue weighted by atomic mass is 9.96. The van der Waals surface area contributed by atoms with Gasteiger partial charge in [-0.05, 0) is 64.7 Å². The molecule has 0 saturated carbocycles. The zero-order valence-corrected chi connectivity index (χ0v) is 28.6. The molecule has 0 radical (unpaired) electrons. The molecule has 4 heterocycles. The maximum atomic E-state index is 17.1. The molecule has 0 fully saturated rings. The van der Waals surface area contributed by atoms with Crippen LogP contribution in [-0.2, 0) is 18.9 Å². The van der Waals surface area contributed by atoms with Crippen molar-refractivity contribution in [3.05, 3.63) is 167 Å². The molecule has 2 atom stereocenters. The Hall–Kier alpha value is -6.14. The number of cyclic esters (lactones) is 4. The molecular formula is C41H22O9P2. The molecule has 9 nitrogen and oxygen atoms in total. The van der Waals surface area contributed by atoms with Crippen molar-refractivity contribution in [1.29, 1.82) is 0 Å². The summed E-state index contributed by atoms with van der Waals surface area (Å²) in [5.74, 6) is -2.41. The quantitative estimate of drug-likeness (QED) is 0.101. The number of para-hydroxylation sites is 2. The summed E-state index contributed by atoms with van der Waals surface area (Å²) < 4.78 is 41.2. The minimum Gasteiger partial charge on any atom is -0.467 e. The van der Waals surface area contributed by atoms with Crippen molar-refractivity contribution in [2.75, 3.05) is 0 Å². The van der Waals surface area contributed by atoms with E-state index in [9.17, 15) is 19.2 Å². The van der Waals surface area contributed by atoms with Gasteiger partial charge in [-0.3, -0.25) is 4.57 Å². The normalized spacial score (nSPS) is 19.1. The van der Waals surface area contributed by atoms with E-state index in [1.165, 1.54) is 24.3 Å². The number of hydrogen-bond acceptors (Lipinski definition) is 9. The molecular weight excluding hydrogens is 698 g/mol. The molecule has 4 aliphatic rings. The monoisotopic (exact) mass is 720 g/mol. The summed E-state index contributed by atoms with van der Waals surface area (Å²) in [7, 11) is -6.63. The molecule has 0 aliphatic carbocycles. The van der Waals surface area contributed by atoms with Gasteiger partial charge in [-0.25, -0.2) is 19.2 Å². The third kappa shape index (κ3) is 4.00. The molecule has 2 unspecified atom stereocenters. The average Bonchev–Trinajstić information content (AvgIpc) is 3.63. The van der Waals surface area contributed by atoms with Crippen LogP contribution in [-0.4, -0.2) is 23.9 Å². The van der Waals surface area contributed by atoms with Crippen LogP contribution >= 0.6 is 15.5 Å². The molecule has 0 saturated heterocycles. The molecule has 0 amide bonds. The van der Waals surface area contributed by atoms with Gasteiger partial charge in [0.2, 0.25) is 0 Å². The van der Waals surface area contributed by atoms with Crippen LogP contribution in [0.15, 0.2) is 133 Å². The fourth-order valence-corrected chi connectivity index (χ4v) is 14.6. The summed E-state index contributed by atoms with van der Waals surface area (Å²) in [5, 5.41) is 1.10. The number of esters is 4. The predicted molar refractivity (Wildman–Crippen MR) is 192 cm³/mol. The maximum absolute atomic E-state index is 17.1. The summed E-state index contributed by atoms with van der Waals surface area (Å²) in [6.45, 7) is 0. The molecule has 0 aromatic heterocycles. The lowest BCUT2D eigenvalue weighted by Crippen LogP contribution is -2.40. The third-order valence-corrected chi connectivity index (χ3v) is 16.4. The maximum Gasteiger partial charge on any atom is 0.346 e. The number of benzene rings is 6. The van der Waals surface area contributed by atoms with Crippen molar-refractivity contribution in [1.82, 2.24) is 0 Å². The predicted octanol–water partition coefficient (Wildman–Crippen LogP) is 7.95. The van der Waals surface area contributed by atoms with E-state index in [-0.39, 0.29) is 22.3 Å². The topological polar surface area (TPSA) is 122 Å². The zero-order chi connectivity index (χ0) is 35.4. The van der Waals surface area contributed by atoms with Gasteiger partial charge in [-0.15, -0.1) is 0 Å². The van der Waals surface area contributed by atoms with Gasteiger partial charge >= 0.3 is 23.9 Å². The SMILES string of the molecule is O=C1OC(=O)c2cc(C(c3ccc4c(c3)C(=O)OC4=O)(P3Oc4ccccc4-c4ccccc43)P3(=O)Oc4ccccc4-c4ccccc43)ccc21. The van der Waals surface area contributed by atoms with Crippen molar-refractivity contribution >= 4 is 50.0 Å². The largest absolute Gasteiger partial charge is 0.467 e. The first kappa shape index (κ1) is 30.7. The van der Waals surface area contributed by atoms with Crippen molar-refractivity contribution in [3.8, 4) is 33.8 Å². The van der Waals surface area contributed by atoms with Crippen LogP contribution in [0, 0.1) is 0 Å². The Morgan fingerprint density at radius 2 is 0.942 bits per heavy atom. The Labute approximate surface area is 297 Å². The third-order valence-electron chi connectivity index (χ3n) is 9.93. The number of carbonyl (C=O) groups excluding carboxylic acids is 4. The highest BCUT2D eigenvalue weighted by Crippen LogP contribution is 2.81. The lowest BCUT2D eigenvalue weighted by molar-refractivity contribution is 0.0425. The standard InChI is InChI=1S/C41H22O9P2/c42-37-29-19-17-23(21-31(29)39(44)47-37)41(24-18-20-30-32(22-24)40(45)48-38(30)43,51-35-15-7-3-11-27(35)25-9-1-5-13-33(25)49-51)52(46)36-16-8-4-12-28(36)26-10-2-6-14-34(26)50-52/h1-22H. The van der Waals surface area contributed by atoms with Crippen LogP contribution in [0.2, 0.25) is 0 Å². The number of fused-ring (bicyclic) bond motifs is 8. The second-order valence-corrected chi connectivity index (χ2v) is 17.3. The van der Waals surface area contributed by atoms with Crippen LogP contribution in [0.3, 0.4) is 0 Å². The van der Waals surface area contributed by atoms with Gasteiger partial charge in [0.05, 0.1) is 27.6 Å². The number of rotatable bonds is 4. The van der Waals surface area contributed by atoms with E-state index < -0.39 is 44.3 Å². The van der Waals surface area contributed by atoms with E-state index in [1.807, 2.05) is 72.8 Å². The highest BCUT2D eigenvalue weighted by Gasteiger charge is 2.65. The van der Waals surface area contributed by atoms with Gasteiger partial charge in [-0.2, -0.15) is 0 Å². The van der Waals surface area contributed by atoms with Crippen molar-refractivity contribution in [3.63, 3.8) is 0 Å². The van der Waals surface area contributed by atoms with Crippen LogP contribution in [0.25, 0.3) is 22.3 Å². The summed E-state index contributed by atoms with van der Waals surface area (Å²) >= 11 is 0. The fraction of sp³-hybridized carbons (Fsp3) is 0.0244. The van der Waals surface area contributed by atoms with E-state index in [0.717, 1.165) is 16.7 Å². The van der Waals surface area contributed by atoms with E-state index in [4.69, 9.17) is 18.5 Å². The molecule has 0 bridgehead atoms. The van der Waals surface area contributed by atoms with Crippen molar-refractivity contribution < 1.29 is 42.3 Å². The van der Waals surface area contributed by atoms with E-state index >= 15 is 4.57 Å². The Morgan fingerprint density at radius 3 is 1.58 bits per heavy atom. The minimum absolute atomic E-state index is 0.0133. The van der Waals surface area contributed by atoms with E-state index in [1.54, 1.807) is 36.4 Å². The van der Waals surface area contributed by atoms with Crippen LogP contribution in [0.5, 0.6) is 11.5 Å².